The maximum absolute atomic E-state index is 12.7. The van der Waals surface area contributed by atoms with E-state index in [0.29, 0.717) is 16.0 Å². The predicted octanol–water partition coefficient (Wildman–Crippen LogP) is 5.03. The Bertz CT molecular complexity index is 802. The number of hydrogen-bond donors (Lipinski definition) is 2. The maximum atomic E-state index is 12.7. The zero-order valence-electron chi connectivity index (χ0n) is 12.6. The summed E-state index contributed by atoms with van der Waals surface area (Å²) in [5.74, 6) is 0.663. The van der Waals surface area contributed by atoms with Gasteiger partial charge in [-0.15, -0.1) is 11.3 Å². The molecule has 1 amide bonds. The van der Waals surface area contributed by atoms with Gasteiger partial charge in [0.25, 0.3) is 5.91 Å². The molecule has 4 rings (SSSR count). The van der Waals surface area contributed by atoms with E-state index in [1.807, 2.05) is 12.1 Å². The van der Waals surface area contributed by atoms with E-state index in [-0.39, 0.29) is 12.1 Å². The molecule has 0 saturated carbocycles. The topological polar surface area (TPSA) is 41.1 Å². The Morgan fingerprint density at radius 1 is 1.26 bits per heavy atom. The second-order valence-electron chi connectivity index (χ2n) is 6.25. The minimum Gasteiger partial charge on any atom is -0.353 e. The fraction of sp³-hybridized carbons (Fsp3) is 0.353. The second kappa shape index (κ2) is 5.69. The first-order valence-electron chi connectivity index (χ1n) is 7.70. The number of fused-ring (bicyclic) bond motifs is 3. The Morgan fingerprint density at radius 2 is 2.09 bits per heavy atom. The number of benzene rings is 1. The minimum absolute atomic E-state index is 0.0214. The van der Waals surface area contributed by atoms with E-state index in [9.17, 15) is 4.79 Å². The number of rotatable bonds is 1. The van der Waals surface area contributed by atoms with Gasteiger partial charge in [0.05, 0.1) is 15.6 Å². The van der Waals surface area contributed by atoms with Crippen molar-refractivity contribution >= 4 is 45.4 Å². The molecule has 0 fully saturated rings. The molecule has 120 valence electrons. The maximum Gasteiger partial charge on any atom is 0.256 e. The van der Waals surface area contributed by atoms with E-state index >= 15 is 0 Å². The molecule has 0 radical (unpaired) electrons. The van der Waals surface area contributed by atoms with Gasteiger partial charge in [-0.2, -0.15) is 0 Å². The Morgan fingerprint density at radius 3 is 2.91 bits per heavy atom. The Kier molecular flexibility index (Phi) is 3.79. The summed E-state index contributed by atoms with van der Waals surface area (Å²) in [7, 11) is 0. The fourth-order valence-electron chi connectivity index (χ4n) is 3.36. The molecule has 1 aliphatic heterocycles. The molecule has 0 bridgehead atoms. The molecule has 3 nitrogen and oxygen atoms in total. The summed E-state index contributed by atoms with van der Waals surface area (Å²) in [4.78, 5) is 14.0. The first kappa shape index (κ1) is 15.3. The highest BCUT2D eigenvalue weighted by Gasteiger charge is 2.33. The zero-order valence-corrected chi connectivity index (χ0v) is 14.9. The molecule has 1 aromatic heterocycles. The van der Waals surface area contributed by atoms with Gasteiger partial charge in [-0.05, 0) is 36.8 Å². The highest BCUT2D eigenvalue weighted by atomic mass is 35.5. The third kappa shape index (κ3) is 2.53. The molecule has 6 heteroatoms. The lowest BCUT2D eigenvalue weighted by Gasteiger charge is -2.27. The number of thiophene rings is 1. The Balaban J connectivity index is 1.73. The van der Waals surface area contributed by atoms with Crippen molar-refractivity contribution in [2.24, 2.45) is 5.92 Å². The monoisotopic (exact) mass is 366 g/mol. The van der Waals surface area contributed by atoms with Gasteiger partial charge in [0.1, 0.15) is 11.2 Å². The third-order valence-electron chi connectivity index (χ3n) is 4.58. The van der Waals surface area contributed by atoms with Crippen LogP contribution in [0.25, 0.3) is 0 Å². The van der Waals surface area contributed by atoms with Crippen LogP contribution in [0.3, 0.4) is 0 Å². The van der Waals surface area contributed by atoms with Crippen molar-refractivity contribution in [3.8, 4) is 0 Å². The molecule has 2 aliphatic rings. The van der Waals surface area contributed by atoms with Crippen molar-refractivity contribution in [3.05, 3.63) is 49.8 Å². The zero-order chi connectivity index (χ0) is 16.1. The standard InChI is InChI=1S/C17H16Cl2N2OS/c1-8-5-6-9-12(7-8)23-17-13(9)16(22)20-15(21-17)10-3-2-4-11(18)14(10)19/h2-4,8,15,21H,5-7H2,1H3,(H,20,22)/t8-,15+/m1/s1. The molecule has 1 aromatic carbocycles. The first-order chi connectivity index (χ1) is 11.0. The van der Waals surface area contributed by atoms with Gasteiger partial charge < -0.3 is 10.6 Å². The average Bonchev–Trinajstić information content (AvgIpc) is 2.87. The van der Waals surface area contributed by atoms with Crippen LogP contribution in [0.2, 0.25) is 10.0 Å². The number of anilines is 1. The molecule has 1 aliphatic carbocycles. The molecule has 23 heavy (non-hydrogen) atoms. The Hall–Kier alpha value is -1.23. The number of carbonyl (C=O) groups is 1. The normalized spacial score (nSPS) is 22.8. The van der Waals surface area contributed by atoms with Crippen LogP contribution >= 0.6 is 34.5 Å². The molecule has 2 aromatic rings. The summed E-state index contributed by atoms with van der Waals surface area (Å²) in [5, 5.41) is 8.37. The van der Waals surface area contributed by atoms with Crippen molar-refractivity contribution in [3.63, 3.8) is 0 Å². The lowest BCUT2D eigenvalue weighted by atomic mass is 9.88. The third-order valence-corrected chi connectivity index (χ3v) is 6.60. The van der Waals surface area contributed by atoms with Crippen LogP contribution in [0.4, 0.5) is 5.00 Å². The largest absolute Gasteiger partial charge is 0.353 e. The first-order valence-corrected chi connectivity index (χ1v) is 9.27. The summed E-state index contributed by atoms with van der Waals surface area (Å²) < 4.78 is 0. The lowest BCUT2D eigenvalue weighted by Crippen LogP contribution is -2.38. The fourth-order valence-corrected chi connectivity index (χ4v) is 5.22. The van der Waals surface area contributed by atoms with Gasteiger partial charge in [0, 0.05) is 10.4 Å². The van der Waals surface area contributed by atoms with Crippen molar-refractivity contribution in [1.82, 2.24) is 5.32 Å². The number of hydrogen-bond acceptors (Lipinski definition) is 3. The number of nitrogens with one attached hydrogen (secondary N) is 2. The summed E-state index contributed by atoms with van der Waals surface area (Å²) in [6, 6.07) is 5.47. The van der Waals surface area contributed by atoms with E-state index in [0.717, 1.165) is 35.4 Å². The van der Waals surface area contributed by atoms with Gasteiger partial charge in [-0.25, -0.2) is 0 Å². The minimum atomic E-state index is -0.348. The van der Waals surface area contributed by atoms with Crippen LogP contribution in [-0.2, 0) is 12.8 Å². The number of amides is 1. The summed E-state index contributed by atoms with van der Waals surface area (Å²) >= 11 is 14.1. The molecular formula is C17H16Cl2N2OS. The van der Waals surface area contributed by atoms with Crippen molar-refractivity contribution < 1.29 is 4.79 Å². The quantitative estimate of drug-likeness (QED) is 0.742. The van der Waals surface area contributed by atoms with E-state index in [4.69, 9.17) is 23.2 Å². The summed E-state index contributed by atoms with van der Waals surface area (Å²) in [6.45, 7) is 2.27. The van der Waals surface area contributed by atoms with E-state index in [2.05, 4.69) is 17.6 Å². The SMILES string of the molecule is C[C@@H]1CCc2c(sc3c2C(=O)N[C@H](c2cccc(Cl)c2Cl)N3)C1. The van der Waals surface area contributed by atoms with Gasteiger partial charge in [-0.1, -0.05) is 42.3 Å². The van der Waals surface area contributed by atoms with Crippen LogP contribution in [0.15, 0.2) is 18.2 Å². The summed E-state index contributed by atoms with van der Waals surface area (Å²) in [6.07, 6.45) is 2.84. The Labute approximate surface area is 149 Å². The number of halogens is 2. The molecule has 0 unspecified atom stereocenters. The van der Waals surface area contributed by atoms with Crippen LogP contribution in [-0.4, -0.2) is 5.91 Å². The van der Waals surface area contributed by atoms with E-state index < -0.39 is 0 Å². The van der Waals surface area contributed by atoms with Crippen molar-refractivity contribution in [2.75, 3.05) is 5.32 Å². The molecule has 2 atom stereocenters. The highest BCUT2D eigenvalue weighted by molar-refractivity contribution is 7.16. The van der Waals surface area contributed by atoms with Gasteiger partial charge in [0.15, 0.2) is 0 Å². The van der Waals surface area contributed by atoms with Crippen LogP contribution in [0.1, 0.15) is 45.9 Å². The summed E-state index contributed by atoms with van der Waals surface area (Å²) in [5.41, 5.74) is 2.84. The van der Waals surface area contributed by atoms with Crippen LogP contribution in [0.5, 0.6) is 0 Å². The van der Waals surface area contributed by atoms with E-state index in [1.165, 1.54) is 10.4 Å². The van der Waals surface area contributed by atoms with Gasteiger partial charge in [0.2, 0.25) is 0 Å². The molecule has 2 heterocycles. The molecule has 2 N–H and O–H groups in total. The predicted molar refractivity (Wildman–Crippen MR) is 95.8 cm³/mol. The molecular weight excluding hydrogens is 351 g/mol. The lowest BCUT2D eigenvalue weighted by molar-refractivity contribution is 0.0935. The smallest absolute Gasteiger partial charge is 0.256 e. The highest BCUT2D eigenvalue weighted by Crippen LogP contribution is 2.43. The van der Waals surface area contributed by atoms with Gasteiger partial charge in [-0.3, -0.25) is 4.79 Å². The molecule has 0 spiro atoms. The van der Waals surface area contributed by atoms with Crippen molar-refractivity contribution in [1.29, 1.82) is 0 Å². The van der Waals surface area contributed by atoms with Crippen molar-refractivity contribution in [2.45, 2.75) is 32.4 Å². The van der Waals surface area contributed by atoms with Crippen LogP contribution < -0.4 is 10.6 Å². The molecule has 0 saturated heterocycles. The average molecular weight is 367 g/mol. The second-order valence-corrected chi connectivity index (χ2v) is 8.14. The van der Waals surface area contributed by atoms with E-state index in [1.54, 1.807) is 17.4 Å². The van der Waals surface area contributed by atoms with Gasteiger partial charge >= 0.3 is 0 Å². The van der Waals surface area contributed by atoms with Crippen LogP contribution in [0, 0.1) is 5.92 Å². The number of carbonyl (C=O) groups excluding carboxylic acids is 1.